The molecule has 2 unspecified atom stereocenters. The van der Waals surface area contributed by atoms with Crippen molar-refractivity contribution in [2.45, 2.75) is 32.2 Å². The highest BCUT2D eigenvalue weighted by atomic mass is 32.2. The fourth-order valence-electron chi connectivity index (χ4n) is 2.12. The molecule has 0 aliphatic carbocycles. The minimum absolute atomic E-state index is 0.276. The summed E-state index contributed by atoms with van der Waals surface area (Å²) in [7, 11) is -2.84. The molecule has 0 radical (unpaired) electrons. The van der Waals surface area contributed by atoms with Gasteiger partial charge in [0, 0.05) is 25.5 Å². The van der Waals surface area contributed by atoms with Crippen LogP contribution in [0.2, 0.25) is 0 Å². The van der Waals surface area contributed by atoms with Crippen molar-refractivity contribution in [1.82, 2.24) is 5.32 Å². The highest BCUT2D eigenvalue weighted by Gasteiger charge is 2.21. The molecule has 1 fully saturated rings. The van der Waals surface area contributed by atoms with Gasteiger partial charge in [-0.1, -0.05) is 6.92 Å². The highest BCUT2D eigenvalue weighted by Crippen LogP contribution is 2.19. The van der Waals surface area contributed by atoms with Gasteiger partial charge in [0.25, 0.3) is 0 Å². The van der Waals surface area contributed by atoms with E-state index in [1.54, 1.807) is 0 Å². The van der Waals surface area contributed by atoms with Gasteiger partial charge in [-0.3, -0.25) is 0 Å². The van der Waals surface area contributed by atoms with Gasteiger partial charge in [0.2, 0.25) is 0 Å². The molecule has 96 valence electrons. The normalized spacial score (nSPS) is 23.5. The molecule has 1 saturated heterocycles. The smallest absolute Gasteiger partial charge is 0.147 e. The number of nitrogens with one attached hydrogen (secondary N) is 1. The summed E-state index contributed by atoms with van der Waals surface area (Å²) in [4.78, 5) is 0. The van der Waals surface area contributed by atoms with Gasteiger partial charge in [0.15, 0.2) is 0 Å². The first-order valence-corrected chi connectivity index (χ1v) is 8.06. The maximum atomic E-state index is 11.1. The average Bonchev–Trinajstić information content (AvgIpc) is 2.66. The molecule has 1 aliphatic rings. The molecule has 0 aromatic carbocycles. The Bertz CT molecular complexity index is 284. The molecule has 2 atom stereocenters. The van der Waals surface area contributed by atoms with Crippen molar-refractivity contribution in [3.8, 4) is 0 Å². The lowest BCUT2D eigenvalue weighted by atomic mass is 9.98. The molecule has 16 heavy (non-hydrogen) atoms. The van der Waals surface area contributed by atoms with E-state index in [4.69, 9.17) is 4.74 Å². The summed E-state index contributed by atoms with van der Waals surface area (Å²) in [6, 6.07) is 0.312. The molecule has 0 aromatic heterocycles. The molecule has 0 saturated carbocycles. The summed E-state index contributed by atoms with van der Waals surface area (Å²) in [6.07, 6.45) is 4.15. The molecule has 1 aliphatic heterocycles. The summed E-state index contributed by atoms with van der Waals surface area (Å²) in [5.41, 5.74) is 0. The van der Waals surface area contributed by atoms with Gasteiger partial charge in [0.05, 0.1) is 5.75 Å². The Morgan fingerprint density at radius 2 is 2.25 bits per heavy atom. The van der Waals surface area contributed by atoms with Crippen molar-refractivity contribution in [1.29, 1.82) is 0 Å². The summed E-state index contributed by atoms with van der Waals surface area (Å²) >= 11 is 0. The molecule has 1 heterocycles. The zero-order valence-electron chi connectivity index (χ0n) is 10.2. The van der Waals surface area contributed by atoms with Gasteiger partial charge in [-0.25, -0.2) is 8.42 Å². The Hall–Kier alpha value is -0.130. The van der Waals surface area contributed by atoms with Crippen LogP contribution in [0.25, 0.3) is 0 Å². The Morgan fingerprint density at radius 3 is 2.75 bits per heavy atom. The van der Waals surface area contributed by atoms with Crippen LogP contribution in [0.4, 0.5) is 0 Å². The Labute approximate surface area is 98.7 Å². The van der Waals surface area contributed by atoms with Crippen LogP contribution in [0.5, 0.6) is 0 Å². The van der Waals surface area contributed by atoms with Crippen LogP contribution >= 0.6 is 0 Å². The van der Waals surface area contributed by atoms with Gasteiger partial charge < -0.3 is 10.1 Å². The first-order chi connectivity index (χ1) is 7.51. The molecular weight excluding hydrogens is 226 g/mol. The minimum Gasteiger partial charge on any atom is -0.381 e. The van der Waals surface area contributed by atoms with E-state index in [0.29, 0.717) is 18.4 Å². The molecule has 0 bridgehead atoms. The van der Waals surface area contributed by atoms with E-state index in [9.17, 15) is 8.42 Å². The predicted molar refractivity (Wildman–Crippen MR) is 65.3 cm³/mol. The van der Waals surface area contributed by atoms with Gasteiger partial charge in [-0.2, -0.15) is 0 Å². The van der Waals surface area contributed by atoms with E-state index >= 15 is 0 Å². The largest absolute Gasteiger partial charge is 0.381 e. The van der Waals surface area contributed by atoms with Crippen molar-refractivity contribution in [2.75, 3.05) is 31.8 Å². The molecule has 1 rings (SSSR count). The molecule has 0 spiro atoms. The van der Waals surface area contributed by atoms with E-state index in [2.05, 4.69) is 12.2 Å². The van der Waals surface area contributed by atoms with Gasteiger partial charge in [-0.05, 0) is 31.7 Å². The van der Waals surface area contributed by atoms with Crippen LogP contribution in [0.3, 0.4) is 0 Å². The highest BCUT2D eigenvalue weighted by molar-refractivity contribution is 7.90. The topological polar surface area (TPSA) is 55.4 Å². The van der Waals surface area contributed by atoms with Crippen LogP contribution < -0.4 is 5.32 Å². The first-order valence-electron chi connectivity index (χ1n) is 6.00. The summed E-state index contributed by atoms with van der Waals surface area (Å²) in [6.45, 7) is 4.64. The fourth-order valence-corrected chi connectivity index (χ4v) is 2.83. The fraction of sp³-hybridized carbons (Fsp3) is 1.00. The second-order valence-corrected chi connectivity index (χ2v) is 6.90. The van der Waals surface area contributed by atoms with Crippen LogP contribution in [0.1, 0.15) is 26.2 Å². The lowest BCUT2D eigenvalue weighted by molar-refractivity contribution is 0.181. The lowest BCUT2D eigenvalue weighted by Gasteiger charge is -2.20. The monoisotopic (exact) mass is 249 g/mol. The van der Waals surface area contributed by atoms with Crippen LogP contribution in [-0.2, 0) is 14.6 Å². The lowest BCUT2D eigenvalue weighted by Crippen LogP contribution is -2.33. The quantitative estimate of drug-likeness (QED) is 0.726. The van der Waals surface area contributed by atoms with E-state index in [1.165, 1.54) is 6.26 Å². The Balaban J connectivity index is 2.34. The van der Waals surface area contributed by atoms with Gasteiger partial charge in [0.1, 0.15) is 9.84 Å². The van der Waals surface area contributed by atoms with Crippen molar-refractivity contribution >= 4 is 9.84 Å². The number of ether oxygens (including phenoxy) is 1. The van der Waals surface area contributed by atoms with E-state index < -0.39 is 9.84 Å². The van der Waals surface area contributed by atoms with E-state index in [-0.39, 0.29) is 5.75 Å². The van der Waals surface area contributed by atoms with Gasteiger partial charge >= 0.3 is 0 Å². The van der Waals surface area contributed by atoms with E-state index in [1.807, 2.05) is 0 Å². The molecule has 1 N–H and O–H groups in total. The molecule has 5 heteroatoms. The third kappa shape index (κ3) is 5.82. The molecule has 0 aromatic rings. The Kier molecular flexibility index (Phi) is 5.72. The SMILES string of the molecule is CCNC(CCS(C)(=O)=O)CC1CCOC1. The second-order valence-electron chi connectivity index (χ2n) is 4.64. The third-order valence-electron chi connectivity index (χ3n) is 2.97. The van der Waals surface area contributed by atoms with Crippen molar-refractivity contribution in [2.24, 2.45) is 5.92 Å². The second kappa shape index (κ2) is 6.57. The molecular formula is C11H23NO3S. The van der Waals surface area contributed by atoms with E-state index in [0.717, 1.165) is 32.6 Å². The van der Waals surface area contributed by atoms with Crippen LogP contribution in [-0.4, -0.2) is 46.2 Å². The standard InChI is InChI=1S/C11H23NO3S/c1-3-12-11(5-7-16(2,13)14)8-10-4-6-15-9-10/h10-12H,3-9H2,1-2H3. The first kappa shape index (κ1) is 13.9. The minimum atomic E-state index is -2.84. The summed E-state index contributed by atoms with van der Waals surface area (Å²) in [5.74, 6) is 0.877. The number of hydrogen-bond donors (Lipinski definition) is 1. The summed E-state index contributed by atoms with van der Waals surface area (Å²) in [5, 5.41) is 3.36. The predicted octanol–water partition coefficient (Wildman–Crippen LogP) is 0.826. The van der Waals surface area contributed by atoms with Gasteiger partial charge in [-0.15, -0.1) is 0 Å². The zero-order valence-corrected chi connectivity index (χ0v) is 11.1. The maximum Gasteiger partial charge on any atom is 0.147 e. The average molecular weight is 249 g/mol. The molecule has 4 nitrogen and oxygen atoms in total. The van der Waals surface area contributed by atoms with Crippen LogP contribution in [0, 0.1) is 5.92 Å². The molecule has 0 amide bonds. The number of sulfone groups is 1. The van der Waals surface area contributed by atoms with Crippen molar-refractivity contribution in [3.05, 3.63) is 0 Å². The number of hydrogen-bond acceptors (Lipinski definition) is 4. The maximum absolute atomic E-state index is 11.1. The van der Waals surface area contributed by atoms with Crippen molar-refractivity contribution < 1.29 is 13.2 Å². The Morgan fingerprint density at radius 1 is 1.50 bits per heavy atom. The number of rotatable bonds is 7. The zero-order chi connectivity index (χ0) is 12.0. The van der Waals surface area contributed by atoms with Crippen LogP contribution in [0.15, 0.2) is 0 Å². The third-order valence-corrected chi connectivity index (χ3v) is 3.95. The van der Waals surface area contributed by atoms with Crippen molar-refractivity contribution in [3.63, 3.8) is 0 Å². The summed E-state index contributed by atoms with van der Waals surface area (Å²) < 4.78 is 27.6.